The summed E-state index contributed by atoms with van der Waals surface area (Å²) in [7, 11) is 0. The average molecular weight is 214 g/mol. The third-order valence-corrected chi connectivity index (χ3v) is 2.83. The number of aliphatic carboxylic acids is 1. The molecule has 1 saturated heterocycles. The summed E-state index contributed by atoms with van der Waals surface area (Å²) in [5.41, 5.74) is 0. The maximum atomic E-state index is 11.2. The highest BCUT2D eigenvalue weighted by Gasteiger charge is 2.34. The van der Waals surface area contributed by atoms with Crippen molar-refractivity contribution in [2.45, 2.75) is 32.9 Å². The van der Waals surface area contributed by atoms with Crippen LogP contribution in [-0.2, 0) is 9.59 Å². The van der Waals surface area contributed by atoms with Crippen LogP contribution < -0.4 is 0 Å². The number of hydrogen-bond donors (Lipinski definition) is 1. The summed E-state index contributed by atoms with van der Waals surface area (Å²) in [5, 5.41) is 9.04. The largest absolute Gasteiger partial charge is 0.480 e. The van der Waals surface area contributed by atoms with Gasteiger partial charge in [0.2, 0.25) is 5.91 Å². The smallest absolute Gasteiger partial charge is 0.327 e. The van der Waals surface area contributed by atoms with E-state index >= 15 is 0 Å². The van der Waals surface area contributed by atoms with E-state index < -0.39 is 12.0 Å². The van der Waals surface area contributed by atoms with Crippen molar-refractivity contribution in [3.63, 3.8) is 0 Å². The van der Waals surface area contributed by atoms with Gasteiger partial charge in [0.1, 0.15) is 6.04 Å². The molecule has 0 bridgehead atoms. The van der Waals surface area contributed by atoms with Crippen molar-refractivity contribution < 1.29 is 14.7 Å². The van der Waals surface area contributed by atoms with Gasteiger partial charge < -0.3 is 10.0 Å². The Hall–Kier alpha value is -1.10. The summed E-state index contributed by atoms with van der Waals surface area (Å²) in [4.78, 5) is 25.8. The minimum Gasteiger partial charge on any atom is -0.480 e. The summed E-state index contributed by atoms with van der Waals surface area (Å²) >= 11 is 0. The lowest BCUT2D eigenvalue weighted by Gasteiger charge is -2.40. The fraction of sp³-hybridized carbons (Fsp3) is 0.800. The number of amides is 1. The Balaban J connectivity index is 2.74. The van der Waals surface area contributed by atoms with Crippen molar-refractivity contribution in [1.29, 1.82) is 0 Å². The van der Waals surface area contributed by atoms with Crippen molar-refractivity contribution in [3.8, 4) is 0 Å². The summed E-state index contributed by atoms with van der Waals surface area (Å²) in [6, 6.07) is -0.375. The second-order valence-corrected chi connectivity index (χ2v) is 4.16. The van der Waals surface area contributed by atoms with Crippen LogP contribution in [0.3, 0.4) is 0 Å². The monoisotopic (exact) mass is 214 g/mol. The van der Waals surface area contributed by atoms with Gasteiger partial charge in [0.05, 0.1) is 0 Å². The number of piperazine rings is 1. The first-order valence-corrected chi connectivity index (χ1v) is 5.17. The van der Waals surface area contributed by atoms with Gasteiger partial charge >= 0.3 is 5.97 Å². The molecule has 0 spiro atoms. The van der Waals surface area contributed by atoms with Crippen LogP contribution in [0.4, 0.5) is 0 Å². The quantitative estimate of drug-likeness (QED) is 0.703. The van der Waals surface area contributed by atoms with Crippen LogP contribution in [0.25, 0.3) is 0 Å². The highest BCUT2D eigenvalue weighted by atomic mass is 16.4. The van der Waals surface area contributed by atoms with Crippen LogP contribution in [0.15, 0.2) is 0 Å². The molecule has 0 aromatic carbocycles. The van der Waals surface area contributed by atoms with E-state index in [2.05, 4.69) is 4.90 Å². The lowest BCUT2D eigenvalue weighted by atomic mass is 10.1. The molecule has 1 rings (SSSR count). The van der Waals surface area contributed by atoms with Gasteiger partial charge in [-0.25, -0.2) is 4.79 Å². The normalized spacial score (nSPS) is 23.2. The zero-order valence-corrected chi connectivity index (χ0v) is 9.43. The minimum absolute atomic E-state index is 0.161. The Morgan fingerprint density at radius 2 is 1.93 bits per heavy atom. The second kappa shape index (κ2) is 4.61. The fourth-order valence-corrected chi connectivity index (χ4v) is 1.86. The predicted octanol–water partition coefficient (Wildman–Crippen LogP) is 0.0121. The van der Waals surface area contributed by atoms with E-state index in [1.54, 1.807) is 0 Å². The molecule has 0 saturated carbocycles. The van der Waals surface area contributed by atoms with Crippen LogP contribution in [0.2, 0.25) is 0 Å². The first-order valence-electron chi connectivity index (χ1n) is 5.17. The van der Waals surface area contributed by atoms with Gasteiger partial charge in [0.15, 0.2) is 0 Å². The molecule has 0 aliphatic carbocycles. The molecule has 5 heteroatoms. The molecule has 1 unspecified atom stereocenters. The number of carboxylic acid groups (broad SMARTS) is 1. The predicted molar refractivity (Wildman–Crippen MR) is 55.5 cm³/mol. The van der Waals surface area contributed by atoms with Crippen molar-refractivity contribution in [1.82, 2.24) is 9.80 Å². The third-order valence-electron chi connectivity index (χ3n) is 2.83. The maximum absolute atomic E-state index is 11.2. The molecule has 86 valence electrons. The highest BCUT2D eigenvalue weighted by Crippen LogP contribution is 2.12. The standard InChI is InChI=1S/C10H18N2O3/c1-7(2)11-4-5-12(8(3)13)9(6-11)10(14)15/h7,9H,4-6H2,1-3H3,(H,14,15). The van der Waals surface area contributed by atoms with E-state index in [1.165, 1.54) is 11.8 Å². The Bertz CT molecular complexity index is 265. The molecule has 1 amide bonds. The molecular weight excluding hydrogens is 196 g/mol. The molecule has 1 heterocycles. The van der Waals surface area contributed by atoms with Crippen molar-refractivity contribution in [3.05, 3.63) is 0 Å². The third kappa shape index (κ3) is 2.68. The molecule has 0 aromatic heterocycles. The van der Waals surface area contributed by atoms with Gasteiger partial charge in [0.25, 0.3) is 0 Å². The Kier molecular flexibility index (Phi) is 3.68. The summed E-state index contributed by atoms with van der Waals surface area (Å²) in [6.07, 6.45) is 0. The lowest BCUT2D eigenvalue weighted by Crippen LogP contribution is -2.59. The van der Waals surface area contributed by atoms with Crippen LogP contribution in [0.5, 0.6) is 0 Å². The number of nitrogens with zero attached hydrogens (tertiary/aromatic N) is 2. The van der Waals surface area contributed by atoms with Crippen LogP contribution in [0.1, 0.15) is 20.8 Å². The molecule has 1 N–H and O–H groups in total. The molecule has 1 atom stereocenters. The second-order valence-electron chi connectivity index (χ2n) is 4.16. The van der Waals surface area contributed by atoms with E-state index in [0.29, 0.717) is 19.1 Å². The summed E-state index contributed by atoms with van der Waals surface area (Å²) in [6.45, 7) is 7.16. The van der Waals surface area contributed by atoms with Crippen molar-refractivity contribution in [2.75, 3.05) is 19.6 Å². The number of rotatable bonds is 2. The van der Waals surface area contributed by atoms with Crippen molar-refractivity contribution >= 4 is 11.9 Å². The SMILES string of the molecule is CC(=O)N1CCN(C(C)C)CC1C(=O)O. The molecule has 1 aliphatic rings. The maximum Gasteiger partial charge on any atom is 0.327 e. The van der Waals surface area contributed by atoms with E-state index in [-0.39, 0.29) is 5.91 Å². The topological polar surface area (TPSA) is 60.9 Å². The van der Waals surface area contributed by atoms with E-state index in [4.69, 9.17) is 5.11 Å². The van der Waals surface area contributed by atoms with E-state index in [9.17, 15) is 9.59 Å². The van der Waals surface area contributed by atoms with Crippen LogP contribution in [-0.4, -0.2) is 58.5 Å². The van der Waals surface area contributed by atoms with Gasteiger partial charge in [-0.1, -0.05) is 0 Å². The Morgan fingerprint density at radius 1 is 1.33 bits per heavy atom. The molecule has 0 aromatic rings. The minimum atomic E-state index is -0.921. The summed E-state index contributed by atoms with van der Waals surface area (Å²) in [5.74, 6) is -1.08. The van der Waals surface area contributed by atoms with Gasteiger partial charge in [-0.2, -0.15) is 0 Å². The molecule has 15 heavy (non-hydrogen) atoms. The number of carbonyl (C=O) groups is 2. The van der Waals surface area contributed by atoms with Gasteiger partial charge in [0, 0.05) is 32.6 Å². The number of carboxylic acids is 1. The number of carbonyl (C=O) groups excluding carboxylic acids is 1. The van der Waals surface area contributed by atoms with Gasteiger partial charge in [-0.3, -0.25) is 9.69 Å². The van der Waals surface area contributed by atoms with Crippen LogP contribution >= 0.6 is 0 Å². The van der Waals surface area contributed by atoms with Crippen molar-refractivity contribution in [2.24, 2.45) is 0 Å². The van der Waals surface area contributed by atoms with Crippen LogP contribution in [0, 0.1) is 0 Å². The van der Waals surface area contributed by atoms with Gasteiger partial charge in [-0.15, -0.1) is 0 Å². The molecule has 5 nitrogen and oxygen atoms in total. The molecule has 0 radical (unpaired) electrons. The van der Waals surface area contributed by atoms with E-state index in [1.807, 2.05) is 13.8 Å². The molecule has 1 aliphatic heterocycles. The molecular formula is C10H18N2O3. The average Bonchev–Trinajstić information content (AvgIpc) is 2.16. The zero-order chi connectivity index (χ0) is 11.6. The molecule has 1 fully saturated rings. The Labute approximate surface area is 89.7 Å². The highest BCUT2D eigenvalue weighted by molar-refractivity contribution is 5.82. The first-order chi connectivity index (χ1) is 6.93. The van der Waals surface area contributed by atoms with Gasteiger partial charge in [-0.05, 0) is 13.8 Å². The fourth-order valence-electron chi connectivity index (χ4n) is 1.86. The lowest BCUT2D eigenvalue weighted by molar-refractivity contribution is -0.153. The number of hydrogen-bond acceptors (Lipinski definition) is 3. The first kappa shape index (κ1) is 12.0. The van der Waals surface area contributed by atoms with E-state index in [0.717, 1.165) is 6.54 Å². The Morgan fingerprint density at radius 3 is 2.33 bits per heavy atom. The zero-order valence-electron chi connectivity index (χ0n) is 9.43. The summed E-state index contributed by atoms with van der Waals surface area (Å²) < 4.78 is 0.